The summed E-state index contributed by atoms with van der Waals surface area (Å²) >= 11 is 0. The van der Waals surface area contributed by atoms with Crippen LogP contribution in [-0.4, -0.2) is 9.97 Å². The average Bonchev–Trinajstić information content (AvgIpc) is 2.70. The number of nitrogens with zero attached hydrogens (tertiary/aromatic N) is 2. The third kappa shape index (κ3) is 4.82. The molecule has 1 radical (unpaired) electrons. The molecule has 4 rings (SSSR count). The van der Waals surface area contributed by atoms with Crippen LogP contribution >= 0.6 is 0 Å². The predicted molar refractivity (Wildman–Crippen MR) is 96.0 cm³/mol. The quantitative estimate of drug-likeness (QED) is 0.312. The first-order chi connectivity index (χ1) is 11.9. The second-order valence-corrected chi connectivity index (χ2v) is 5.38. The standard InChI is InChI=1S/C22H14N2.Pt.Y/c1-2-8-17(9-3-1)21-13-7-14-22(24-21)19-11-6-10-18(16-19)20-12-4-5-15-23-20;;/h1-8,10-15H;;/q-2;;. The van der Waals surface area contributed by atoms with E-state index < -0.39 is 0 Å². The summed E-state index contributed by atoms with van der Waals surface area (Å²) in [6.07, 6.45) is 1.79. The molecule has 0 unspecified atom stereocenters. The van der Waals surface area contributed by atoms with Gasteiger partial charge in [-0.25, -0.2) is 0 Å². The Morgan fingerprint density at radius 2 is 1.23 bits per heavy atom. The number of rotatable bonds is 3. The van der Waals surface area contributed by atoms with Gasteiger partial charge in [0.05, 0.1) is 0 Å². The Balaban J connectivity index is 0.00000121. The Bertz CT molecular complexity index is 879. The van der Waals surface area contributed by atoms with Gasteiger partial charge < -0.3 is 4.98 Å². The molecule has 2 aromatic carbocycles. The minimum absolute atomic E-state index is 0. The first-order valence-electron chi connectivity index (χ1n) is 7.78. The van der Waals surface area contributed by atoms with Gasteiger partial charge in [0.2, 0.25) is 0 Å². The zero-order valence-corrected chi connectivity index (χ0v) is 19.0. The fraction of sp³-hybridized carbons (Fsp3) is 0. The van der Waals surface area contributed by atoms with Gasteiger partial charge in [0.1, 0.15) is 0 Å². The van der Waals surface area contributed by atoms with E-state index in [2.05, 4.69) is 17.1 Å². The zero-order valence-electron chi connectivity index (χ0n) is 13.9. The molecule has 0 spiro atoms. The van der Waals surface area contributed by atoms with Gasteiger partial charge >= 0.3 is 0 Å². The van der Waals surface area contributed by atoms with E-state index in [1.54, 1.807) is 6.20 Å². The smallest absolute Gasteiger partial charge is 0.0183 e. The number of benzene rings is 2. The van der Waals surface area contributed by atoms with Crippen molar-refractivity contribution < 1.29 is 53.8 Å². The summed E-state index contributed by atoms with van der Waals surface area (Å²) in [7, 11) is 0. The van der Waals surface area contributed by atoms with Crippen LogP contribution in [-0.2, 0) is 53.8 Å². The predicted octanol–water partition coefficient (Wildman–Crippen LogP) is 5.07. The Kier molecular flexibility index (Phi) is 8.03. The van der Waals surface area contributed by atoms with Crippen molar-refractivity contribution in [1.82, 2.24) is 9.97 Å². The van der Waals surface area contributed by atoms with Gasteiger partial charge in [-0.05, 0) is 17.5 Å². The molecular formula is C22H14N2PtY-2. The van der Waals surface area contributed by atoms with E-state index in [1.807, 2.05) is 78.9 Å². The van der Waals surface area contributed by atoms with Crippen LogP contribution in [0.3, 0.4) is 0 Å². The van der Waals surface area contributed by atoms with Crippen molar-refractivity contribution in [2.24, 2.45) is 0 Å². The van der Waals surface area contributed by atoms with E-state index in [0.29, 0.717) is 0 Å². The number of hydrogen-bond acceptors (Lipinski definition) is 2. The molecule has 0 bridgehead atoms. The van der Waals surface area contributed by atoms with Crippen LogP contribution in [0.5, 0.6) is 0 Å². The second kappa shape index (κ2) is 10.0. The molecule has 0 saturated heterocycles. The van der Waals surface area contributed by atoms with Crippen LogP contribution in [0.15, 0.2) is 85.1 Å². The SMILES string of the molecule is [Pt].[Y].[c-]1ccccc1-c1cccc(-c2[c-]c(-c3ccccn3)ccc2)n1. The summed E-state index contributed by atoms with van der Waals surface area (Å²) in [6, 6.07) is 32.4. The van der Waals surface area contributed by atoms with Gasteiger partial charge in [-0.2, -0.15) is 0 Å². The molecule has 2 heterocycles. The topological polar surface area (TPSA) is 25.8 Å². The number of pyridine rings is 2. The van der Waals surface area contributed by atoms with Gasteiger partial charge in [-0.1, -0.05) is 41.5 Å². The molecule has 0 saturated carbocycles. The van der Waals surface area contributed by atoms with Crippen LogP contribution in [0.1, 0.15) is 0 Å². The molecule has 0 fully saturated rings. The number of hydrogen-bond donors (Lipinski definition) is 0. The van der Waals surface area contributed by atoms with Crippen molar-refractivity contribution in [3.63, 3.8) is 0 Å². The maximum atomic E-state index is 4.77. The largest absolute Gasteiger partial charge is 0.335 e. The van der Waals surface area contributed by atoms with E-state index in [1.165, 1.54) is 0 Å². The number of aromatic nitrogens is 2. The molecule has 2 nitrogen and oxygen atoms in total. The van der Waals surface area contributed by atoms with Crippen molar-refractivity contribution in [2.75, 3.05) is 0 Å². The van der Waals surface area contributed by atoms with E-state index in [0.717, 1.165) is 33.8 Å². The Hall–Kier alpha value is -1.47. The van der Waals surface area contributed by atoms with Gasteiger partial charge in [0.25, 0.3) is 0 Å². The Labute approximate surface area is 193 Å². The molecule has 0 N–H and O–H groups in total. The van der Waals surface area contributed by atoms with Gasteiger partial charge in [0, 0.05) is 65.7 Å². The van der Waals surface area contributed by atoms with Crippen LogP contribution in [0.4, 0.5) is 0 Å². The van der Waals surface area contributed by atoms with E-state index in [4.69, 9.17) is 4.98 Å². The van der Waals surface area contributed by atoms with Crippen LogP contribution in [0, 0.1) is 12.1 Å². The second-order valence-electron chi connectivity index (χ2n) is 5.38. The molecule has 127 valence electrons. The Morgan fingerprint density at radius 3 is 1.92 bits per heavy atom. The first-order valence-corrected chi connectivity index (χ1v) is 7.78. The molecule has 0 aliphatic heterocycles. The Morgan fingerprint density at radius 1 is 0.615 bits per heavy atom. The molecule has 2 aromatic heterocycles. The molecule has 0 atom stereocenters. The fourth-order valence-electron chi connectivity index (χ4n) is 2.58. The van der Waals surface area contributed by atoms with Gasteiger partial charge in [-0.3, -0.25) is 4.98 Å². The summed E-state index contributed by atoms with van der Waals surface area (Å²) in [4.78, 5) is 9.16. The molecule has 0 aliphatic rings. The summed E-state index contributed by atoms with van der Waals surface area (Å²) < 4.78 is 0. The van der Waals surface area contributed by atoms with E-state index >= 15 is 0 Å². The van der Waals surface area contributed by atoms with Crippen molar-refractivity contribution in [1.29, 1.82) is 0 Å². The maximum Gasteiger partial charge on any atom is 0.0183 e. The molecule has 4 heteroatoms. The fourth-order valence-corrected chi connectivity index (χ4v) is 2.58. The van der Waals surface area contributed by atoms with Gasteiger partial charge in [0.15, 0.2) is 0 Å². The van der Waals surface area contributed by atoms with Crippen molar-refractivity contribution in [2.45, 2.75) is 0 Å². The molecule has 0 amide bonds. The molecule has 4 aromatic rings. The zero-order chi connectivity index (χ0) is 16.2. The van der Waals surface area contributed by atoms with Crippen molar-refractivity contribution >= 4 is 0 Å². The monoisotopic (exact) mass is 590 g/mol. The summed E-state index contributed by atoms with van der Waals surface area (Å²) in [5.74, 6) is 0. The minimum atomic E-state index is 0. The maximum absolute atomic E-state index is 4.77. The summed E-state index contributed by atoms with van der Waals surface area (Å²) in [6.45, 7) is 0. The van der Waals surface area contributed by atoms with Crippen LogP contribution in [0.2, 0.25) is 0 Å². The van der Waals surface area contributed by atoms with Gasteiger partial charge in [-0.15, -0.1) is 60.2 Å². The van der Waals surface area contributed by atoms with Crippen molar-refractivity contribution in [3.05, 3.63) is 97.2 Å². The van der Waals surface area contributed by atoms with E-state index in [-0.39, 0.29) is 53.8 Å². The third-order valence-corrected chi connectivity index (χ3v) is 3.75. The molecular weight excluding hydrogens is 576 g/mol. The third-order valence-electron chi connectivity index (χ3n) is 3.75. The molecule has 26 heavy (non-hydrogen) atoms. The van der Waals surface area contributed by atoms with Crippen molar-refractivity contribution in [3.8, 4) is 33.8 Å². The van der Waals surface area contributed by atoms with Crippen LogP contribution < -0.4 is 0 Å². The molecule has 0 aliphatic carbocycles. The first kappa shape index (κ1) is 20.8. The summed E-state index contributed by atoms with van der Waals surface area (Å²) in [5.41, 5.74) is 5.61. The normalized spacial score (nSPS) is 9.69. The van der Waals surface area contributed by atoms with E-state index in [9.17, 15) is 0 Å². The minimum Gasteiger partial charge on any atom is -0.335 e. The average molecular weight is 590 g/mol. The summed E-state index contributed by atoms with van der Waals surface area (Å²) in [5, 5.41) is 0. The van der Waals surface area contributed by atoms with Crippen LogP contribution in [0.25, 0.3) is 33.8 Å².